The zero-order chi connectivity index (χ0) is 15.4. The van der Waals surface area contributed by atoms with E-state index in [0.717, 1.165) is 30.5 Å². The van der Waals surface area contributed by atoms with Gasteiger partial charge in [-0.05, 0) is 45.1 Å². The van der Waals surface area contributed by atoms with E-state index in [9.17, 15) is 9.90 Å². The lowest BCUT2D eigenvalue weighted by atomic mass is 9.92. The summed E-state index contributed by atoms with van der Waals surface area (Å²) in [4.78, 5) is 17.1. The number of aliphatic hydroxyl groups excluding tert-OH is 1. The zero-order valence-corrected chi connectivity index (χ0v) is 12.7. The lowest BCUT2D eigenvalue weighted by Crippen LogP contribution is -2.32. The van der Waals surface area contributed by atoms with Gasteiger partial charge in [0.25, 0.3) is 5.56 Å². The average molecular weight is 288 g/mol. The molecule has 1 aromatic heterocycles. The van der Waals surface area contributed by atoms with Crippen LogP contribution in [0.5, 0.6) is 0 Å². The van der Waals surface area contributed by atoms with Gasteiger partial charge in [-0.15, -0.1) is 0 Å². The first kappa shape index (κ1) is 15.4. The van der Waals surface area contributed by atoms with Crippen molar-refractivity contribution in [1.82, 2.24) is 15.2 Å². The van der Waals surface area contributed by atoms with Crippen LogP contribution in [0.15, 0.2) is 28.8 Å². The molecule has 5 heteroatoms. The van der Waals surface area contributed by atoms with E-state index in [2.05, 4.69) is 21.3 Å². The number of hydrogen-bond donors (Lipinski definition) is 3. The number of hydrogen-bond acceptors (Lipinski definition) is 4. The first-order valence-electron chi connectivity index (χ1n) is 7.09. The van der Waals surface area contributed by atoms with Crippen LogP contribution >= 0.6 is 0 Å². The molecule has 21 heavy (non-hydrogen) atoms. The number of H-pyrrole nitrogens is 1. The molecule has 1 aliphatic heterocycles. The van der Waals surface area contributed by atoms with Crippen LogP contribution in [-0.2, 0) is 6.42 Å². The second-order valence-electron chi connectivity index (χ2n) is 5.51. The number of dihydropyridines is 1. The molecule has 112 valence electrons. The second-order valence-corrected chi connectivity index (χ2v) is 5.51. The maximum absolute atomic E-state index is 12.3. The van der Waals surface area contributed by atoms with Gasteiger partial charge in [-0.2, -0.15) is 0 Å². The highest BCUT2D eigenvalue weighted by Crippen LogP contribution is 2.25. The van der Waals surface area contributed by atoms with Crippen molar-refractivity contribution in [3.63, 3.8) is 0 Å². The molecule has 5 nitrogen and oxygen atoms in total. The molecule has 0 aromatic carbocycles. The van der Waals surface area contributed by atoms with E-state index >= 15 is 0 Å². The molecule has 0 saturated carbocycles. The summed E-state index contributed by atoms with van der Waals surface area (Å²) >= 11 is 0. The van der Waals surface area contributed by atoms with Crippen LogP contribution < -0.4 is 10.9 Å². The number of nitrogens with one attached hydrogen (secondary N) is 2. The summed E-state index contributed by atoms with van der Waals surface area (Å²) in [7, 11) is 4.06. The Morgan fingerprint density at radius 3 is 2.86 bits per heavy atom. The molecule has 2 heterocycles. The lowest BCUT2D eigenvalue weighted by molar-refractivity contribution is 0.209. The SMILES string of the molecule is CC1=C(c2c(CCCN(C)C)cc[nH]c2=O)C(O)NC=[C+]1. The standard InChI is InChI=1S/C16H21N3O2/c1-11-6-8-17-15(20)13(11)14-12(5-4-10-19(2)3)7-9-18-16(14)21/h7-9,15,17,20H,4-5,10H2,1-3H3/p+1. The number of aliphatic hydroxyl groups is 1. The van der Waals surface area contributed by atoms with Crippen LogP contribution in [0.1, 0.15) is 24.5 Å². The summed E-state index contributed by atoms with van der Waals surface area (Å²) in [6.07, 6.45) is 7.13. The highest BCUT2D eigenvalue weighted by atomic mass is 16.3. The fraction of sp³-hybridized carbons (Fsp3) is 0.438. The van der Waals surface area contributed by atoms with E-state index in [1.54, 1.807) is 12.4 Å². The Morgan fingerprint density at radius 2 is 2.19 bits per heavy atom. The molecule has 0 fully saturated rings. The Hall–Kier alpha value is -1.94. The fourth-order valence-corrected chi connectivity index (χ4v) is 2.53. The van der Waals surface area contributed by atoms with Crippen LogP contribution in [0.25, 0.3) is 5.57 Å². The smallest absolute Gasteiger partial charge is 0.276 e. The highest BCUT2D eigenvalue weighted by Gasteiger charge is 2.31. The van der Waals surface area contributed by atoms with Crippen molar-refractivity contribution < 1.29 is 5.11 Å². The number of aryl methyl sites for hydroxylation is 1. The topological polar surface area (TPSA) is 68.4 Å². The molecule has 0 amide bonds. The summed E-state index contributed by atoms with van der Waals surface area (Å²) < 4.78 is 0. The molecule has 0 aliphatic carbocycles. The Labute approximate surface area is 125 Å². The minimum Gasteiger partial charge on any atom is -0.353 e. The van der Waals surface area contributed by atoms with E-state index in [1.807, 2.05) is 27.1 Å². The third-order valence-corrected chi connectivity index (χ3v) is 3.58. The van der Waals surface area contributed by atoms with E-state index in [1.165, 1.54) is 0 Å². The summed E-state index contributed by atoms with van der Waals surface area (Å²) in [6.45, 7) is 2.81. The Morgan fingerprint density at radius 1 is 1.43 bits per heavy atom. The minimum absolute atomic E-state index is 0.170. The van der Waals surface area contributed by atoms with Gasteiger partial charge >= 0.3 is 0 Å². The third-order valence-electron chi connectivity index (χ3n) is 3.58. The largest absolute Gasteiger partial charge is 0.353 e. The summed E-state index contributed by atoms with van der Waals surface area (Å²) in [5.74, 6) is 0. The van der Waals surface area contributed by atoms with Gasteiger partial charge in [-0.1, -0.05) is 0 Å². The molecule has 1 aromatic rings. The van der Waals surface area contributed by atoms with Crippen LogP contribution in [0, 0.1) is 6.08 Å². The third kappa shape index (κ3) is 3.58. The molecule has 0 radical (unpaired) electrons. The van der Waals surface area contributed by atoms with E-state index in [0.29, 0.717) is 11.1 Å². The number of rotatable bonds is 5. The molecule has 0 bridgehead atoms. The Balaban J connectivity index is 2.38. The van der Waals surface area contributed by atoms with E-state index in [4.69, 9.17) is 0 Å². The van der Waals surface area contributed by atoms with Crippen molar-refractivity contribution in [2.24, 2.45) is 0 Å². The maximum Gasteiger partial charge on any atom is 0.276 e. The summed E-state index contributed by atoms with van der Waals surface area (Å²) in [6, 6.07) is 1.91. The van der Waals surface area contributed by atoms with Gasteiger partial charge in [-0.3, -0.25) is 4.79 Å². The van der Waals surface area contributed by atoms with Crippen molar-refractivity contribution in [2.45, 2.75) is 26.0 Å². The molecule has 1 unspecified atom stereocenters. The van der Waals surface area contributed by atoms with Crippen LogP contribution in [-0.4, -0.2) is 41.9 Å². The fourth-order valence-electron chi connectivity index (χ4n) is 2.53. The molecule has 1 atom stereocenters. The number of nitrogens with zero attached hydrogens (tertiary/aromatic N) is 1. The molecule has 3 N–H and O–H groups in total. The first-order valence-corrected chi connectivity index (χ1v) is 7.09. The molecule has 0 spiro atoms. The van der Waals surface area contributed by atoms with Crippen molar-refractivity contribution >= 4 is 5.57 Å². The van der Waals surface area contributed by atoms with Crippen LogP contribution in [0.2, 0.25) is 0 Å². The quantitative estimate of drug-likeness (QED) is 0.704. The van der Waals surface area contributed by atoms with E-state index < -0.39 is 6.23 Å². The summed E-state index contributed by atoms with van der Waals surface area (Å²) in [5.41, 5.74) is 2.75. The van der Waals surface area contributed by atoms with Gasteiger partial charge in [0.1, 0.15) is 17.8 Å². The molecular weight excluding hydrogens is 266 g/mol. The number of pyridine rings is 1. The highest BCUT2D eigenvalue weighted by molar-refractivity contribution is 5.74. The first-order chi connectivity index (χ1) is 10.0. The van der Waals surface area contributed by atoms with Crippen molar-refractivity contribution in [3.8, 4) is 0 Å². The predicted molar refractivity (Wildman–Crippen MR) is 83.5 cm³/mol. The van der Waals surface area contributed by atoms with Crippen LogP contribution in [0.3, 0.4) is 0 Å². The Bertz CT molecular complexity index is 614. The molecule has 0 saturated heterocycles. The van der Waals surface area contributed by atoms with Crippen molar-refractivity contribution in [3.05, 3.63) is 51.6 Å². The molecule has 2 rings (SSSR count). The normalized spacial score (nSPS) is 17.9. The van der Waals surface area contributed by atoms with E-state index in [-0.39, 0.29) is 5.56 Å². The monoisotopic (exact) mass is 288 g/mol. The van der Waals surface area contributed by atoms with Gasteiger partial charge in [0, 0.05) is 13.1 Å². The van der Waals surface area contributed by atoms with Gasteiger partial charge in [0.2, 0.25) is 6.23 Å². The molecular formula is C16H22N3O2+. The van der Waals surface area contributed by atoms with Crippen molar-refractivity contribution in [2.75, 3.05) is 20.6 Å². The van der Waals surface area contributed by atoms with Gasteiger partial charge < -0.3 is 20.3 Å². The predicted octanol–water partition coefficient (Wildman–Crippen LogP) is 0.881. The van der Waals surface area contributed by atoms with Gasteiger partial charge in [-0.25, -0.2) is 0 Å². The Kier molecular flexibility index (Phi) is 4.91. The number of aromatic nitrogens is 1. The lowest BCUT2D eigenvalue weighted by Gasteiger charge is -2.15. The zero-order valence-electron chi connectivity index (χ0n) is 12.7. The number of aromatic amines is 1. The maximum atomic E-state index is 12.3. The van der Waals surface area contributed by atoms with Gasteiger partial charge in [0.15, 0.2) is 11.1 Å². The number of allylic oxidation sites excluding steroid dienone is 2. The van der Waals surface area contributed by atoms with Crippen LogP contribution in [0.4, 0.5) is 0 Å². The van der Waals surface area contributed by atoms with Crippen molar-refractivity contribution in [1.29, 1.82) is 0 Å². The minimum atomic E-state index is -0.873. The van der Waals surface area contributed by atoms with Gasteiger partial charge in [0.05, 0.1) is 0 Å². The average Bonchev–Trinajstić information content (AvgIpc) is 2.40. The second kappa shape index (κ2) is 6.68. The molecule has 1 aliphatic rings. The summed E-state index contributed by atoms with van der Waals surface area (Å²) in [5, 5.41) is 12.9.